The number of benzene rings is 2. The molecule has 14 heavy (non-hydrogen) atoms. The molecule has 0 atom stereocenters. The number of phenolic OH excluding ortho intramolecular Hbond substituents is 1. The molecule has 0 bridgehead atoms. The predicted molar refractivity (Wildman–Crippen MR) is 62.0 cm³/mol. The van der Waals surface area contributed by atoms with Gasteiger partial charge in [-0.25, -0.2) is 0 Å². The topological polar surface area (TPSA) is 20.2 Å². The number of hydrogen-bond acceptors (Lipinski definition) is 2. The minimum Gasteiger partial charge on any atom is -0.507 e. The lowest BCUT2D eigenvalue weighted by atomic mass is 10.1. The van der Waals surface area contributed by atoms with E-state index >= 15 is 0 Å². The first kappa shape index (κ1) is 9.41. The minimum absolute atomic E-state index is 0.362. The number of thioether (sulfide) groups is 1. The zero-order chi connectivity index (χ0) is 9.97. The minimum atomic E-state index is 0.362. The largest absolute Gasteiger partial charge is 0.507 e. The number of hydrogen-bond donors (Lipinski definition) is 1. The van der Waals surface area contributed by atoms with Crippen LogP contribution >= 0.6 is 11.8 Å². The van der Waals surface area contributed by atoms with Gasteiger partial charge in [0, 0.05) is 10.3 Å². The molecule has 0 saturated carbocycles. The van der Waals surface area contributed by atoms with Crippen LogP contribution in [0.3, 0.4) is 0 Å². The van der Waals surface area contributed by atoms with E-state index in [1.807, 2.05) is 30.3 Å². The zero-order valence-electron chi connectivity index (χ0n) is 8.03. The van der Waals surface area contributed by atoms with Crippen molar-refractivity contribution in [2.24, 2.45) is 0 Å². The van der Waals surface area contributed by atoms with Gasteiger partial charge in [0.15, 0.2) is 0 Å². The van der Waals surface area contributed by atoms with Gasteiger partial charge in [-0.05, 0) is 23.3 Å². The Kier molecular flexibility index (Phi) is 2.64. The Hall–Kier alpha value is -1.15. The van der Waals surface area contributed by atoms with E-state index in [2.05, 4.69) is 6.92 Å². The van der Waals surface area contributed by atoms with Crippen LogP contribution in [0.5, 0.6) is 5.75 Å². The number of rotatable bonds is 2. The fourth-order valence-corrected chi connectivity index (χ4v) is 2.35. The third-order valence-corrected chi connectivity index (χ3v) is 3.12. The first-order chi connectivity index (χ1) is 6.83. The van der Waals surface area contributed by atoms with Gasteiger partial charge in [0.1, 0.15) is 5.75 Å². The van der Waals surface area contributed by atoms with Gasteiger partial charge < -0.3 is 5.11 Å². The van der Waals surface area contributed by atoms with Crippen molar-refractivity contribution in [1.82, 2.24) is 0 Å². The molecule has 1 N–H and O–H groups in total. The Labute approximate surface area is 87.8 Å². The summed E-state index contributed by atoms with van der Waals surface area (Å²) in [5.41, 5.74) is 0. The molecule has 0 amide bonds. The van der Waals surface area contributed by atoms with Crippen molar-refractivity contribution in [3.8, 4) is 5.75 Å². The lowest BCUT2D eigenvalue weighted by Crippen LogP contribution is -1.79. The van der Waals surface area contributed by atoms with Crippen molar-refractivity contribution >= 4 is 22.5 Å². The van der Waals surface area contributed by atoms with E-state index in [1.165, 1.54) is 4.90 Å². The Bertz CT molecular complexity index is 451. The van der Waals surface area contributed by atoms with Crippen molar-refractivity contribution in [3.05, 3.63) is 36.4 Å². The maximum absolute atomic E-state index is 9.65. The summed E-state index contributed by atoms with van der Waals surface area (Å²) >= 11 is 1.80. The molecule has 0 aliphatic heterocycles. The first-order valence-electron chi connectivity index (χ1n) is 4.66. The highest BCUT2D eigenvalue weighted by Crippen LogP contribution is 2.32. The number of aromatic hydroxyl groups is 1. The van der Waals surface area contributed by atoms with Gasteiger partial charge in [0.05, 0.1) is 0 Å². The van der Waals surface area contributed by atoms with Crippen LogP contribution in [0, 0.1) is 0 Å². The standard InChI is InChI=1S/C12H12OS/c1-2-14-12-8-7-11(13)9-5-3-4-6-10(9)12/h3-8,13H,2H2,1H3. The molecule has 0 aliphatic carbocycles. The van der Waals surface area contributed by atoms with E-state index in [1.54, 1.807) is 17.8 Å². The summed E-state index contributed by atoms with van der Waals surface area (Å²) in [5.74, 6) is 1.41. The van der Waals surface area contributed by atoms with Gasteiger partial charge in [0.25, 0.3) is 0 Å². The first-order valence-corrected chi connectivity index (χ1v) is 5.65. The molecule has 72 valence electrons. The molecule has 0 spiro atoms. The molecule has 0 fully saturated rings. The van der Waals surface area contributed by atoms with Crippen molar-refractivity contribution in [2.45, 2.75) is 11.8 Å². The second-order valence-electron chi connectivity index (χ2n) is 3.06. The molecule has 2 heteroatoms. The maximum Gasteiger partial charge on any atom is 0.123 e. The summed E-state index contributed by atoms with van der Waals surface area (Å²) in [6.45, 7) is 2.13. The third kappa shape index (κ3) is 1.58. The quantitative estimate of drug-likeness (QED) is 0.753. The zero-order valence-corrected chi connectivity index (χ0v) is 8.84. The Morgan fingerprint density at radius 1 is 1.07 bits per heavy atom. The van der Waals surface area contributed by atoms with Crippen molar-refractivity contribution in [2.75, 3.05) is 5.75 Å². The molecule has 0 unspecified atom stereocenters. The molecular formula is C12H12OS. The second kappa shape index (κ2) is 3.93. The van der Waals surface area contributed by atoms with E-state index in [4.69, 9.17) is 0 Å². The van der Waals surface area contributed by atoms with Gasteiger partial charge in [-0.3, -0.25) is 0 Å². The van der Waals surface area contributed by atoms with Crippen LogP contribution in [0.25, 0.3) is 10.8 Å². The Balaban J connectivity index is 2.68. The van der Waals surface area contributed by atoms with Crippen LogP contribution in [0.2, 0.25) is 0 Å². The Morgan fingerprint density at radius 2 is 1.79 bits per heavy atom. The van der Waals surface area contributed by atoms with E-state index in [0.29, 0.717) is 5.75 Å². The van der Waals surface area contributed by atoms with Gasteiger partial charge in [0.2, 0.25) is 0 Å². The van der Waals surface area contributed by atoms with Gasteiger partial charge in [-0.15, -0.1) is 11.8 Å². The van der Waals surface area contributed by atoms with Gasteiger partial charge >= 0.3 is 0 Å². The SMILES string of the molecule is CCSc1ccc(O)c2ccccc12. The van der Waals surface area contributed by atoms with Crippen LogP contribution in [0.1, 0.15) is 6.92 Å². The summed E-state index contributed by atoms with van der Waals surface area (Å²) in [7, 11) is 0. The van der Waals surface area contributed by atoms with Gasteiger partial charge in [-0.1, -0.05) is 31.2 Å². The molecule has 0 saturated heterocycles. The average Bonchev–Trinajstić information content (AvgIpc) is 2.23. The molecule has 0 radical (unpaired) electrons. The molecule has 0 aromatic heterocycles. The lowest BCUT2D eigenvalue weighted by molar-refractivity contribution is 0.481. The Morgan fingerprint density at radius 3 is 2.50 bits per heavy atom. The van der Waals surface area contributed by atoms with Crippen LogP contribution in [0.4, 0.5) is 0 Å². The molecule has 1 nitrogen and oxygen atoms in total. The summed E-state index contributed by atoms with van der Waals surface area (Å²) in [5, 5.41) is 11.7. The number of phenols is 1. The average molecular weight is 204 g/mol. The molecule has 0 aliphatic rings. The second-order valence-corrected chi connectivity index (χ2v) is 4.37. The number of fused-ring (bicyclic) bond motifs is 1. The van der Waals surface area contributed by atoms with E-state index < -0.39 is 0 Å². The smallest absolute Gasteiger partial charge is 0.123 e. The fourth-order valence-electron chi connectivity index (χ4n) is 1.54. The van der Waals surface area contributed by atoms with Crippen molar-refractivity contribution in [3.63, 3.8) is 0 Å². The summed E-state index contributed by atoms with van der Waals surface area (Å²) in [6.07, 6.45) is 0. The van der Waals surface area contributed by atoms with Crippen LogP contribution < -0.4 is 0 Å². The molecular weight excluding hydrogens is 192 g/mol. The highest BCUT2D eigenvalue weighted by Gasteiger charge is 2.03. The van der Waals surface area contributed by atoms with Crippen molar-refractivity contribution < 1.29 is 5.11 Å². The molecule has 0 heterocycles. The molecule has 2 aromatic rings. The van der Waals surface area contributed by atoms with Crippen molar-refractivity contribution in [1.29, 1.82) is 0 Å². The van der Waals surface area contributed by atoms with Crippen LogP contribution in [-0.4, -0.2) is 10.9 Å². The van der Waals surface area contributed by atoms with E-state index in [0.717, 1.165) is 16.5 Å². The normalized spacial score (nSPS) is 10.6. The molecule has 2 rings (SSSR count). The van der Waals surface area contributed by atoms with Crippen LogP contribution in [0.15, 0.2) is 41.3 Å². The lowest BCUT2D eigenvalue weighted by Gasteiger charge is -2.06. The van der Waals surface area contributed by atoms with Crippen LogP contribution in [-0.2, 0) is 0 Å². The van der Waals surface area contributed by atoms with E-state index in [9.17, 15) is 5.11 Å². The third-order valence-electron chi connectivity index (χ3n) is 2.16. The van der Waals surface area contributed by atoms with Gasteiger partial charge in [-0.2, -0.15) is 0 Å². The maximum atomic E-state index is 9.65. The highest BCUT2D eigenvalue weighted by molar-refractivity contribution is 7.99. The monoisotopic (exact) mass is 204 g/mol. The summed E-state index contributed by atoms with van der Waals surface area (Å²) < 4.78 is 0. The summed E-state index contributed by atoms with van der Waals surface area (Å²) in [4.78, 5) is 1.24. The summed E-state index contributed by atoms with van der Waals surface area (Å²) in [6, 6.07) is 11.7. The fraction of sp³-hybridized carbons (Fsp3) is 0.167. The highest BCUT2D eigenvalue weighted by atomic mass is 32.2. The predicted octanol–water partition coefficient (Wildman–Crippen LogP) is 3.66. The molecule has 2 aromatic carbocycles. The van der Waals surface area contributed by atoms with E-state index in [-0.39, 0.29) is 0 Å².